The van der Waals surface area contributed by atoms with Crippen LogP contribution in [0.3, 0.4) is 0 Å². The van der Waals surface area contributed by atoms with E-state index in [0.29, 0.717) is 6.29 Å². The summed E-state index contributed by atoms with van der Waals surface area (Å²) in [4.78, 5) is 24.6. The molecule has 1 heterocycles. The minimum atomic E-state index is -1.84. The minimum Gasteiger partial charge on any atom is -0.445 e. The average Bonchev–Trinajstić information content (AvgIpc) is 2.45. The summed E-state index contributed by atoms with van der Waals surface area (Å²) in [5.41, 5.74) is -0.939. The Morgan fingerprint density at radius 3 is 2.43 bits per heavy atom. The fourth-order valence-electron chi connectivity index (χ4n) is 2.95. The average molecular weight is 293 g/mol. The molecule has 1 fully saturated rings. The van der Waals surface area contributed by atoms with Gasteiger partial charge in [0.15, 0.2) is 12.0 Å². The molecule has 0 aliphatic carbocycles. The molecule has 2 unspecified atom stereocenters. The van der Waals surface area contributed by atoms with Crippen molar-refractivity contribution in [3.05, 3.63) is 35.9 Å². The van der Waals surface area contributed by atoms with Gasteiger partial charge < -0.3 is 9.64 Å². The molecule has 0 bridgehead atoms. The van der Waals surface area contributed by atoms with E-state index in [0.717, 1.165) is 5.56 Å². The molecule has 1 aromatic rings. The zero-order chi connectivity index (χ0) is 15.5. The van der Waals surface area contributed by atoms with Gasteiger partial charge in [-0.25, -0.2) is 9.18 Å². The molecule has 2 rings (SSSR count). The Morgan fingerprint density at radius 2 is 1.90 bits per heavy atom. The lowest BCUT2D eigenvalue weighted by Gasteiger charge is -2.42. The van der Waals surface area contributed by atoms with Crippen molar-refractivity contribution in [1.29, 1.82) is 0 Å². The van der Waals surface area contributed by atoms with E-state index in [1.807, 2.05) is 30.3 Å². The number of rotatable bonds is 3. The van der Waals surface area contributed by atoms with Crippen LogP contribution in [0.4, 0.5) is 9.18 Å². The van der Waals surface area contributed by atoms with E-state index < -0.39 is 11.8 Å². The first-order chi connectivity index (χ1) is 9.95. The molecule has 0 aromatic heterocycles. The lowest BCUT2D eigenvalue weighted by atomic mass is 9.86. The van der Waals surface area contributed by atoms with Gasteiger partial charge in [-0.05, 0) is 19.4 Å². The highest BCUT2D eigenvalue weighted by molar-refractivity contribution is 5.70. The number of aldehydes is 1. The van der Waals surface area contributed by atoms with Crippen LogP contribution in [0, 0.1) is 0 Å². The molecule has 2 atom stereocenters. The zero-order valence-corrected chi connectivity index (χ0v) is 12.3. The highest BCUT2D eigenvalue weighted by Crippen LogP contribution is 2.33. The summed E-state index contributed by atoms with van der Waals surface area (Å²) >= 11 is 0. The second kappa shape index (κ2) is 6.24. The van der Waals surface area contributed by atoms with Gasteiger partial charge in [0, 0.05) is 24.9 Å². The van der Waals surface area contributed by atoms with E-state index in [-0.39, 0.29) is 31.5 Å². The van der Waals surface area contributed by atoms with Crippen LogP contribution in [0.25, 0.3) is 0 Å². The van der Waals surface area contributed by atoms with Gasteiger partial charge in [-0.2, -0.15) is 0 Å². The maximum Gasteiger partial charge on any atom is 0.410 e. The van der Waals surface area contributed by atoms with Crippen molar-refractivity contribution in [3.8, 4) is 0 Å². The van der Waals surface area contributed by atoms with Crippen LogP contribution >= 0.6 is 0 Å². The van der Waals surface area contributed by atoms with E-state index in [9.17, 15) is 14.0 Å². The van der Waals surface area contributed by atoms with E-state index in [1.54, 1.807) is 13.8 Å². The summed E-state index contributed by atoms with van der Waals surface area (Å²) in [6.07, 6.45) is -0.0818. The number of hydrogen-bond acceptors (Lipinski definition) is 3. The monoisotopic (exact) mass is 293 g/mol. The van der Waals surface area contributed by atoms with Crippen molar-refractivity contribution in [3.63, 3.8) is 0 Å². The van der Waals surface area contributed by atoms with Gasteiger partial charge in [-0.1, -0.05) is 30.3 Å². The van der Waals surface area contributed by atoms with Crippen LogP contribution in [0.1, 0.15) is 32.3 Å². The molecule has 114 valence electrons. The summed E-state index contributed by atoms with van der Waals surface area (Å²) in [6.45, 7) is 3.65. The van der Waals surface area contributed by atoms with Crippen molar-refractivity contribution >= 4 is 12.4 Å². The number of hydrogen-bond donors (Lipinski definition) is 0. The lowest BCUT2D eigenvalue weighted by molar-refractivity contribution is -0.123. The van der Waals surface area contributed by atoms with Crippen LogP contribution in [0.5, 0.6) is 0 Å². The predicted molar refractivity (Wildman–Crippen MR) is 76.5 cm³/mol. The highest BCUT2D eigenvalue weighted by atomic mass is 19.1. The molecule has 0 saturated carbocycles. The molecule has 0 spiro atoms. The lowest BCUT2D eigenvalue weighted by Crippen LogP contribution is -2.55. The van der Waals surface area contributed by atoms with Crippen LogP contribution < -0.4 is 0 Å². The molecule has 1 amide bonds. The molecule has 0 radical (unpaired) electrons. The van der Waals surface area contributed by atoms with Gasteiger partial charge in [0.2, 0.25) is 0 Å². The molecule has 1 saturated heterocycles. The number of likely N-dealkylation sites (tertiary alicyclic amines) is 1. The quantitative estimate of drug-likeness (QED) is 0.804. The van der Waals surface area contributed by atoms with Crippen LogP contribution in [-0.4, -0.2) is 35.0 Å². The second-order valence-corrected chi connectivity index (χ2v) is 5.71. The summed E-state index contributed by atoms with van der Waals surface area (Å²) in [5.74, 6) is 0. The summed E-state index contributed by atoms with van der Waals surface area (Å²) in [7, 11) is 0. The maximum absolute atomic E-state index is 14.1. The van der Waals surface area contributed by atoms with Crippen molar-refractivity contribution in [2.24, 2.45) is 0 Å². The van der Waals surface area contributed by atoms with Crippen molar-refractivity contribution in [2.75, 3.05) is 0 Å². The number of carbonyl (C=O) groups excluding carboxylic acids is 2. The summed E-state index contributed by atoms with van der Waals surface area (Å²) in [5, 5.41) is 0. The number of amides is 1. The standard InChI is InChI=1S/C16H20FNO3/c1-12-8-16(17,11-19)9-13(2)18(12)15(20)21-10-14-6-4-3-5-7-14/h3-7,11-13H,8-10H2,1-2H3. The molecule has 1 aliphatic heterocycles. The Labute approximate surface area is 123 Å². The number of carbonyl (C=O) groups is 2. The number of nitrogens with zero attached hydrogens (tertiary/aromatic N) is 1. The first-order valence-corrected chi connectivity index (χ1v) is 7.09. The molecule has 1 aliphatic rings. The van der Waals surface area contributed by atoms with Crippen LogP contribution in [-0.2, 0) is 16.1 Å². The van der Waals surface area contributed by atoms with Crippen molar-refractivity contribution in [1.82, 2.24) is 4.90 Å². The molecule has 0 N–H and O–H groups in total. The minimum absolute atomic E-state index is 0.0152. The molecule has 5 heteroatoms. The Kier molecular flexibility index (Phi) is 4.60. The van der Waals surface area contributed by atoms with Gasteiger partial charge in [0.05, 0.1) is 0 Å². The van der Waals surface area contributed by atoms with Gasteiger partial charge >= 0.3 is 6.09 Å². The Morgan fingerprint density at radius 1 is 1.33 bits per heavy atom. The smallest absolute Gasteiger partial charge is 0.410 e. The predicted octanol–water partition coefficient (Wildman–Crippen LogP) is 3.10. The fraction of sp³-hybridized carbons (Fsp3) is 0.500. The SMILES string of the molecule is CC1CC(F)(C=O)CC(C)N1C(=O)OCc1ccccc1. The second-order valence-electron chi connectivity index (χ2n) is 5.71. The number of ether oxygens (including phenoxy) is 1. The van der Waals surface area contributed by atoms with E-state index in [2.05, 4.69) is 0 Å². The van der Waals surface area contributed by atoms with E-state index in [1.165, 1.54) is 4.90 Å². The summed E-state index contributed by atoms with van der Waals surface area (Å²) in [6, 6.07) is 8.64. The van der Waals surface area contributed by atoms with Crippen LogP contribution in [0.15, 0.2) is 30.3 Å². The van der Waals surface area contributed by atoms with Gasteiger partial charge in [0.25, 0.3) is 0 Å². The molecule has 21 heavy (non-hydrogen) atoms. The van der Waals surface area contributed by atoms with Crippen molar-refractivity contribution in [2.45, 2.75) is 51.0 Å². The summed E-state index contributed by atoms with van der Waals surface area (Å²) < 4.78 is 19.4. The number of alkyl halides is 1. The number of piperidine rings is 1. The molecular formula is C16H20FNO3. The largest absolute Gasteiger partial charge is 0.445 e. The Balaban J connectivity index is 1.97. The fourth-order valence-corrected chi connectivity index (χ4v) is 2.95. The van der Waals surface area contributed by atoms with Gasteiger partial charge in [0.1, 0.15) is 6.61 Å². The van der Waals surface area contributed by atoms with E-state index in [4.69, 9.17) is 4.74 Å². The Hall–Kier alpha value is -1.91. The molecular weight excluding hydrogens is 273 g/mol. The normalized spacial score (nSPS) is 29.0. The highest BCUT2D eigenvalue weighted by Gasteiger charge is 2.44. The van der Waals surface area contributed by atoms with Crippen molar-refractivity contribution < 1.29 is 18.7 Å². The van der Waals surface area contributed by atoms with E-state index >= 15 is 0 Å². The van der Waals surface area contributed by atoms with Gasteiger partial charge in [-0.3, -0.25) is 4.79 Å². The van der Waals surface area contributed by atoms with Gasteiger partial charge in [-0.15, -0.1) is 0 Å². The number of halogens is 1. The van der Waals surface area contributed by atoms with Crippen LogP contribution in [0.2, 0.25) is 0 Å². The molecule has 1 aromatic carbocycles. The topological polar surface area (TPSA) is 46.6 Å². The first-order valence-electron chi connectivity index (χ1n) is 7.09. The Bertz CT molecular complexity index is 494. The third kappa shape index (κ3) is 3.60. The first kappa shape index (κ1) is 15.5. The maximum atomic E-state index is 14.1. The third-order valence-corrected chi connectivity index (χ3v) is 3.85. The number of benzene rings is 1. The molecule has 4 nitrogen and oxygen atoms in total. The third-order valence-electron chi connectivity index (χ3n) is 3.85. The zero-order valence-electron chi connectivity index (χ0n) is 12.3.